The largest absolute Gasteiger partial charge is 0.439 e. The van der Waals surface area contributed by atoms with Crippen LogP contribution < -0.4 is 10.1 Å². The maximum Gasteiger partial charge on any atom is 0.223 e. The molecule has 1 aromatic carbocycles. The lowest BCUT2D eigenvalue weighted by Gasteiger charge is -2.11. The molecule has 0 spiro atoms. The Balaban J connectivity index is 2.29. The van der Waals surface area contributed by atoms with Gasteiger partial charge in [-0.25, -0.2) is 9.37 Å². The van der Waals surface area contributed by atoms with Gasteiger partial charge in [-0.15, -0.1) is 0 Å². The van der Waals surface area contributed by atoms with Crippen LogP contribution in [0.25, 0.3) is 0 Å². The average molecular weight is 295 g/mol. The van der Waals surface area contributed by atoms with E-state index in [-0.39, 0.29) is 5.82 Å². The van der Waals surface area contributed by atoms with Crippen LogP contribution in [0.2, 0.25) is 5.02 Å². The second-order valence-corrected chi connectivity index (χ2v) is 4.76. The Kier molecular flexibility index (Phi) is 4.93. The van der Waals surface area contributed by atoms with Gasteiger partial charge in [0.25, 0.3) is 0 Å². The summed E-state index contributed by atoms with van der Waals surface area (Å²) in [4.78, 5) is 4.00. The number of nitrogens with one attached hydrogen (secondary N) is 1. The Bertz CT molecular complexity index is 604. The molecular weight excluding hydrogens is 279 g/mol. The first kappa shape index (κ1) is 14.8. The Morgan fingerprint density at radius 1 is 1.30 bits per heavy atom. The Morgan fingerprint density at radius 3 is 2.80 bits per heavy atom. The number of nitrogens with zero attached hydrogens (tertiary/aromatic N) is 1. The Labute approximate surface area is 122 Å². The van der Waals surface area contributed by atoms with Crippen molar-refractivity contribution in [2.24, 2.45) is 0 Å². The first-order valence-electron chi connectivity index (χ1n) is 6.39. The van der Waals surface area contributed by atoms with Gasteiger partial charge in [0, 0.05) is 17.1 Å². The highest BCUT2D eigenvalue weighted by Crippen LogP contribution is 2.27. The van der Waals surface area contributed by atoms with Crippen LogP contribution in [0.1, 0.15) is 18.1 Å². The van der Waals surface area contributed by atoms with E-state index in [0.29, 0.717) is 28.8 Å². The van der Waals surface area contributed by atoms with Crippen LogP contribution >= 0.6 is 11.6 Å². The minimum atomic E-state index is -0.382. The zero-order chi connectivity index (χ0) is 14.5. The summed E-state index contributed by atoms with van der Waals surface area (Å²) in [6.45, 7) is 2.50. The molecule has 0 saturated heterocycles. The fourth-order valence-corrected chi connectivity index (χ4v) is 2.13. The van der Waals surface area contributed by atoms with Crippen molar-refractivity contribution >= 4 is 11.6 Å². The van der Waals surface area contributed by atoms with E-state index in [0.717, 1.165) is 18.2 Å². The van der Waals surface area contributed by atoms with E-state index in [1.54, 1.807) is 19.2 Å². The van der Waals surface area contributed by atoms with Crippen molar-refractivity contribution in [3.63, 3.8) is 0 Å². The third-order valence-corrected chi connectivity index (χ3v) is 3.24. The predicted octanol–water partition coefficient (Wildman–Crippen LogP) is 3.95. The van der Waals surface area contributed by atoms with Gasteiger partial charge in [0.2, 0.25) is 5.88 Å². The van der Waals surface area contributed by atoms with E-state index in [4.69, 9.17) is 16.3 Å². The molecule has 0 atom stereocenters. The molecule has 0 radical (unpaired) electrons. The zero-order valence-corrected chi connectivity index (χ0v) is 12.2. The van der Waals surface area contributed by atoms with Crippen molar-refractivity contribution in [3.8, 4) is 11.6 Å². The van der Waals surface area contributed by atoms with Crippen molar-refractivity contribution in [1.29, 1.82) is 0 Å². The molecule has 1 aromatic heterocycles. The highest BCUT2D eigenvalue weighted by Gasteiger charge is 2.09. The Morgan fingerprint density at radius 2 is 2.10 bits per heavy atom. The van der Waals surface area contributed by atoms with Crippen molar-refractivity contribution < 1.29 is 9.13 Å². The minimum Gasteiger partial charge on any atom is -0.439 e. The summed E-state index contributed by atoms with van der Waals surface area (Å²) >= 11 is 6.07. The quantitative estimate of drug-likeness (QED) is 0.907. The van der Waals surface area contributed by atoms with E-state index >= 15 is 0 Å². The van der Waals surface area contributed by atoms with Gasteiger partial charge in [0.05, 0.1) is 6.20 Å². The van der Waals surface area contributed by atoms with Crippen molar-refractivity contribution in [2.45, 2.75) is 19.9 Å². The molecule has 0 aliphatic heterocycles. The van der Waals surface area contributed by atoms with Gasteiger partial charge in [-0.05, 0) is 43.3 Å². The highest BCUT2D eigenvalue weighted by atomic mass is 35.5. The van der Waals surface area contributed by atoms with Gasteiger partial charge < -0.3 is 10.1 Å². The Hall–Kier alpha value is -1.65. The molecule has 0 aliphatic carbocycles. The van der Waals surface area contributed by atoms with Crippen LogP contribution in [-0.4, -0.2) is 12.0 Å². The lowest BCUT2D eigenvalue weighted by atomic mass is 10.1. The summed E-state index contributed by atoms with van der Waals surface area (Å²) in [5.41, 5.74) is 1.67. The number of benzene rings is 1. The van der Waals surface area contributed by atoms with E-state index in [1.165, 1.54) is 6.07 Å². The third kappa shape index (κ3) is 3.46. The number of hydrogen-bond acceptors (Lipinski definition) is 3. The summed E-state index contributed by atoms with van der Waals surface area (Å²) < 4.78 is 19.0. The molecule has 20 heavy (non-hydrogen) atoms. The zero-order valence-electron chi connectivity index (χ0n) is 11.4. The molecule has 0 saturated carbocycles. The fourth-order valence-electron chi connectivity index (χ4n) is 1.87. The van der Waals surface area contributed by atoms with Crippen molar-refractivity contribution in [1.82, 2.24) is 10.3 Å². The number of ether oxygens (including phenoxy) is 1. The average Bonchev–Trinajstić information content (AvgIpc) is 2.44. The van der Waals surface area contributed by atoms with Crippen LogP contribution in [-0.2, 0) is 13.0 Å². The highest BCUT2D eigenvalue weighted by molar-refractivity contribution is 6.31. The first-order valence-corrected chi connectivity index (χ1v) is 6.77. The molecule has 2 rings (SSSR count). The topological polar surface area (TPSA) is 34.1 Å². The SMILES string of the molecule is CCc1cc(Oc2ncc(F)cc2CNC)ccc1Cl. The van der Waals surface area contributed by atoms with Gasteiger partial charge in [-0.2, -0.15) is 0 Å². The van der Waals surface area contributed by atoms with Crippen LogP contribution in [0, 0.1) is 5.82 Å². The standard InChI is InChI=1S/C15H16ClFN2O/c1-3-10-7-13(4-5-14(10)16)20-15-11(8-18-2)6-12(17)9-19-15/h4-7,9,18H,3,8H2,1-2H3. The molecular formula is C15H16ClFN2O. The van der Waals surface area contributed by atoms with E-state index in [1.807, 2.05) is 13.0 Å². The first-order chi connectivity index (χ1) is 9.63. The summed E-state index contributed by atoms with van der Waals surface area (Å²) in [5, 5.41) is 3.67. The number of halogens is 2. The maximum atomic E-state index is 13.2. The maximum absolute atomic E-state index is 13.2. The smallest absolute Gasteiger partial charge is 0.223 e. The number of aromatic nitrogens is 1. The number of hydrogen-bond donors (Lipinski definition) is 1. The molecule has 1 N–H and O–H groups in total. The molecule has 1 heterocycles. The molecule has 0 unspecified atom stereocenters. The van der Waals surface area contributed by atoms with Gasteiger partial charge in [-0.3, -0.25) is 0 Å². The summed E-state index contributed by atoms with van der Waals surface area (Å²) in [6, 6.07) is 6.85. The van der Waals surface area contributed by atoms with Gasteiger partial charge in [-0.1, -0.05) is 18.5 Å². The number of aryl methyl sites for hydroxylation is 1. The van der Waals surface area contributed by atoms with Gasteiger partial charge in [0.15, 0.2) is 0 Å². The summed E-state index contributed by atoms with van der Waals surface area (Å²) in [7, 11) is 1.78. The summed E-state index contributed by atoms with van der Waals surface area (Å²) in [6.07, 6.45) is 1.96. The van der Waals surface area contributed by atoms with Crippen molar-refractivity contribution in [3.05, 3.63) is 52.4 Å². The summed E-state index contributed by atoms with van der Waals surface area (Å²) in [5.74, 6) is 0.654. The molecule has 5 heteroatoms. The molecule has 0 amide bonds. The van der Waals surface area contributed by atoms with Crippen LogP contribution in [0.3, 0.4) is 0 Å². The predicted molar refractivity (Wildman–Crippen MR) is 77.9 cm³/mol. The van der Waals surface area contributed by atoms with Crippen LogP contribution in [0.15, 0.2) is 30.5 Å². The molecule has 106 valence electrons. The normalized spacial score (nSPS) is 10.6. The molecule has 3 nitrogen and oxygen atoms in total. The van der Waals surface area contributed by atoms with Crippen LogP contribution in [0.5, 0.6) is 11.6 Å². The van der Waals surface area contributed by atoms with Crippen molar-refractivity contribution in [2.75, 3.05) is 7.05 Å². The molecule has 0 fully saturated rings. The fraction of sp³-hybridized carbons (Fsp3) is 0.267. The lowest BCUT2D eigenvalue weighted by molar-refractivity contribution is 0.449. The molecule has 0 aliphatic rings. The second kappa shape index (κ2) is 6.68. The van der Waals surface area contributed by atoms with E-state index in [2.05, 4.69) is 10.3 Å². The number of rotatable bonds is 5. The monoisotopic (exact) mass is 294 g/mol. The lowest BCUT2D eigenvalue weighted by Crippen LogP contribution is -2.07. The minimum absolute atomic E-state index is 0.382. The third-order valence-electron chi connectivity index (χ3n) is 2.87. The molecule has 2 aromatic rings. The van der Waals surface area contributed by atoms with Gasteiger partial charge >= 0.3 is 0 Å². The van der Waals surface area contributed by atoms with Gasteiger partial charge in [0.1, 0.15) is 11.6 Å². The van der Waals surface area contributed by atoms with E-state index in [9.17, 15) is 4.39 Å². The van der Waals surface area contributed by atoms with E-state index < -0.39 is 0 Å². The number of pyridine rings is 1. The second-order valence-electron chi connectivity index (χ2n) is 4.36. The van der Waals surface area contributed by atoms with Crippen LogP contribution in [0.4, 0.5) is 4.39 Å². The molecule has 0 bridgehead atoms.